The molecule has 0 radical (unpaired) electrons. The van der Waals surface area contributed by atoms with Gasteiger partial charge in [0.25, 0.3) is 0 Å². The van der Waals surface area contributed by atoms with Crippen molar-refractivity contribution in [3.63, 3.8) is 0 Å². The molecular weight excluding hydrogens is 604 g/mol. The summed E-state index contributed by atoms with van der Waals surface area (Å²) in [6.45, 7) is 3.08. The molecule has 0 bridgehead atoms. The molecule has 1 aliphatic heterocycles. The van der Waals surface area contributed by atoms with Gasteiger partial charge in [0.15, 0.2) is 0 Å². The van der Waals surface area contributed by atoms with Crippen molar-refractivity contribution >= 4 is 58.6 Å². The largest absolute Gasteiger partial charge is 0.370 e. The Bertz CT molecular complexity index is 1240. The third kappa shape index (κ3) is 15.6. The maximum atomic E-state index is 12.6. The molecule has 1 atom stereocenters. The van der Waals surface area contributed by atoms with Crippen LogP contribution >= 0.6 is 11.8 Å². The summed E-state index contributed by atoms with van der Waals surface area (Å²) in [6, 6.07) is 7.10. The lowest BCUT2D eigenvalue weighted by atomic mass is 10.0. The van der Waals surface area contributed by atoms with Crippen LogP contribution in [-0.2, 0) is 56.1 Å². The van der Waals surface area contributed by atoms with Crippen molar-refractivity contribution in [2.24, 2.45) is 0 Å². The molecule has 1 aromatic carbocycles. The number of thioether (sulfide) groups is 1. The van der Waals surface area contributed by atoms with Gasteiger partial charge in [-0.1, -0.05) is 30.7 Å². The molecule has 1 fully saturated rings. The Morgan fingerprint density at radius 2 is 1.53 bits per heavy atom. The molecule has 14 heteroatoms. The van der Waals surface area contributed by atoms with Gasteiger partial charge >= 0.3 is 0 Å². The molecule has 246 valence electrons. The number of hydrogen-bond donors (Lipinski definition) is 3. The topological polar surface area (TPSA) is 185 Å². The highest BCUT2D eigenvalue weighted by atomic mass is 32.2. The fourth-order valence-corrected chi connectivity index (χ4v) is 5.29. The molecule has 3 N–H and O–H groups in total. The van der Waals surface area contributed by atoms with Crippen LogP contribution in [0.3, 0.4) is 0 Å². The first-order valence-electron chi connectivity index (χ1n) is 14.9. The van der Waals surface area contributed by atoms with Gasteiger partial charge in [0, 0.05) is 38.9 Å². The van der Waals surface area contributed by atoms with Crippen LogP contribution in [0.2, 0.25) is 0 Å². The summed E-state index contributed by atoms with van der Waals surface area (Å²) in [5.74, 6) is -2.33. The highest BCUT2D eigenvalue weighted by Gasteiger charge is 2.39. The maximum Gasteiger partial charge on any atom is 0.246 e. The number of imide groups is 1. The second kappa shape index (κ2) is 20.2. The van der Waals surface area contributed by atoms with Gasteiger partial charge in [0.2, 0.25) is 29.5 Å². The molecule has 5 amide bonds. The summed E-state index contributed by atoms with van der Waals surface area (Å²) in [6.07, 6.45) is 2.88. The number of amides is 5. The number of rotatable bonds is 22. The summed E-state index contributed by atoms with van der Waals surface area (Å²) >= 11 is 1.06. The summed E-state index contributed by atoms with van der Waals surface area (Å²) in [7, 11) is 0. The quantitative estimate of drug-likeness (QED) is 0.0918. The molecule has 0 aromatic heterocycles. The van der Waals surface area contributed by atoms with Gasteiger partial charge in [-0.2, -0.15) is 0 Å². The van der Waals surface area contributed by atoms with E-state index in [1.54, 1.807) is 31.2 Å². The first kappa shape index (κ1) is 37.3. The molecule has 45 heavy (non-hydrogen) atoms. The Hall–Kier alpha value is -3.91. The third-order valence-electron chi connectivity index (χ3n) is 6.61. The lowest BCUT2D eigenvalue weighted by Crippen LogP contribution is -2.42. The lowest BCUT2D eigenvalue weighted by molar-refractivity contribution is -0.142. The Kier molecular flexibility index (Phi) is 16.7. The van der Waals surface area contributed by atoms with E-state index >= 15 is 0 Å². The zero-order valence-electron chi connectivity index (χ0n) is 25.8. The van der Waals surface area contributed by atoms with E-state index < -0.39 is 29.5 Å². The van der Waals surface area contributed by atoms with Crippen molar-refractivity contribution in [1.82, 2.24) is 20.9 Å². The number of nitrogens with zero attached hydrogens (tertiary/aromatic N) is 1. The van der Waals surface area contributed by atoms with Crippen LogP contribution in [0.4, 0.5) is 0 Å². The highest BCUT2D eigenvalue weighted by molar-refractivity contribution is 8.01. The van der Waals surface area contributed by atoms with Crippen molar-refractivity contribution in [3.05, 3.63) is 35.4 Å². The summed E-state index contributed by atoms with van der Waals surface area (Å²) in [5.41, 5.74) is 1.60. The first-order valence-corrected chi connectivity index (χ1v) is 15.9. The van der Waals surface area contributed by atoms with Crippen LogP contribution in [0, 0.1) is 0 Å². The summed E-state index contributed by atoms with van der Waals surface area (Å²) < 4.78 is 5.28. The van der Waals surface area contributed by atoms with Gasteiger partial charge in [-0.15, -0.1) is 11.8 Å². The number of ether oxygens (including phenoxy) is 1. The van der Waals surface area contributed by atoms with Crippen molar-refractivity contribution < 1.29 is 43.1 Å². The van der Waals surface area contributed by atoms with Gasteiger partial charge in [-0.25, -0.2) is 0 Å². The van der Waals surface area contributed by atoms with Crippen LogP contribution < -0.4 is 16.0 Å². The number of unbranched alkanes of at least 4 members (excludes halogenated alkanes) is 2. The number of nitrogens with one attached hydrogen (secondary N) is 3. The third-order valence-corrected chi connectivity index (χ3v) is 7.81. The second-order valence-electron chi connectivity index (χ2n) is 10.8. The van der Waals surface area contributed by atoms with Crippen LogP contribution in [0.1, 0.15) is 63.5 Å². The molecule has 0 spiro atoms. The minimum Gasteiger partial charge on any atom is -0.370 e. The van der Waals surface area contributed by atoms with Gasteiger partial charge in [0.05, 0.1) is 24.0 Å². The van der Waals surface area contributed by atoms with Crippen molar-refractivity contribution in [2.75, 3.05) is 38.6 Å². The minimum absolute atomic E-state index is 0.0136. The standard InChI is InChI=1S/C31H42N4O9S/c1-21(36)6-4-3-5-11-32-29(41)20-45-26-16-30(42)35(31(26)43)18-27(39)33-12-13-44-19-28(40)34-17-24-9-7-23(8-10-24)15-25(38)14-22(2)37/h7-10,26H,3-6,11-20H2,1-2H3,(H,32,41)(H,33,39)(H,34,40). The van der Waals surface area contributed by atoms with Gasteiger partial charge < -0.3 is 25.5 Å². The lowest BCUT2D eigenvalue weighted by Gasteiger charge is -2.15. The van der Waals surface area contributed by atoms with Crippen LogP contribution in [0.15, 0.2) is 24.3 Å². The predicted octanol–water partition coefficient (Wildman–Crippen LogP) is 0.653. The zero-order chi connectivity index (χ0) is 33.2. The van der Waals surface area contributed by atoms with Crippen LogP contribution in [0.25, 0.3) is 0 Å². The van der Waals surface area contributed by atoms with E-state index in [0.717, 1.165) is 47.1 Å². The Morgan fingerprint density at radius 3 is 2.22 bits per heavy atom. The van der Waals surface area contributed by atoms with Crippen molar-refractivity contribution in [1.29, 1.82) is 0 Å². The molecule has 0 aliphatic carbocycles. The Morgan fingerprint density at radius 1 is 0.844 bits per heavy atom. The highest BCUT2D eigenvalue weighted by Crippen LogP contribution is 2.24. The van der Waals surface area contributed by atoms with E-state index in [4.69, 9.17) is 4.74 Å². The predicted molar refractivity (Wildman–Crippen MR) is 166 cm³/mol. The molecule has 1 heterocycles. The second-order valence-corrected chi connectivity index (χ2v) is 12.0. The number of hydrogen-bond acceptors (Lipinski definition) is 10. The number of benzene rings is 1. The smallest absolute Gasteiger partial charge is 0.246 e. The Labute approximate surface area is 266 Å². The van der Waals surface area contributed by atoms with E-state index in [1.807, 2.05) is 0 Å². The van der Waals surface area contributed by atoms with Gasteiger partial charge in [0.1, 0.15) is 30.5 Å². The fourth-order valence-electron chi connectivity index (χ4n) is 4.30. The number of likely N-dealkylation sites (tertiary alicyclic amines) is 1. The molecular formula is C31H42N4O9S. The maximum absolute atomic E-state index is 12.6. The fraction of sp³-hybridized carbons (Fsp3) is 0.548. The van der Waals surface area contributed by atoms with E-state index in [2.05, 4.69) is 16.0 Å². The van der Waals surface area contributed by atoms with Crippen LogP contribution in [-0.4, -0.2) is 95.6 Å². The Balaban J connectivity index is 1.56. The van der Waals surface area contributed by atoms with E-state index in [9.17, 15) is 38.4 Å². The number of carbonyl (C=O) groups is 8. The summed E-state index contributed by atoms with van der Waals surface area (Å²) in [5, 5.41) is 7.28. The van der Waals surface area contributed by atoms with E-state index in [1.165, 1.54) is 6.92 Å². The minimum atomic E-state index is -0.728. The molecule has 0 saturated carbocycles. The van der Waals surface area contributed by atoms with E-state index in [0.29, 0.717) is 13.0 Å². The van der Waals surface area contributed by atoms with Crippen molar-refractivity contribution in [2.45, 2.75) is 70.6 Å². The number of carbonyl (C=O) groups excluding carboxylic acids is 8. The average molecular weight is 647 g/mol. The summed E-state index contributed by atoms with van der Waals surface area (Å²) in [4.78, 5) is 95.9. The van der Waals surface area contributed by atoms with Gasteiger partial charge in [-0.3, -0.25) is 38.5 Å². The molecule has 1 aliphatic rings. The zero-order valence-corrected chi connectivity index (χ0v) is 26.6. The molecule has 1 unspecified atom stereocenters. The molecule has 13 nitrogen and oxygen atoms in total. The molecule has 1 aromatic rings. The normalized spacial score (nSPS) is 14.3. The number of Topliss-reactive ketones (excluding diaryl/α,β-unsaturated/α-hetero) is 3. The molecule has 1 saturated heterocycles. The molecule has 2 rings (SSSR count). The van der Waals surface area contributed by atoms with Crippen LogP contribution in [0.5, 0.6) is 0 Å². The first-order chi connectivity index (χ1) is 21.4. The van der Waals surface area contributed by atoms with Gasteiger partial charge in [-0.05, 0) is 37.8 Å². The SMILES string of the molecule is CC(=O)CCCCCNC(=O)CSC1CC(=O)N(CC(=O)NCCOCC(=O)NCc2ccc(CC(=O)CC(C)=O)cc2)C1=O. The number of ketones is 3. The van der Waals surface area contributed by atoms with E-state index in [-0.39, 0.29) is 80.5 Å². The average Bonchev–Trinajstić information content (AvgIpc) is 3.24. The van der Waals surface area contributed by atoms with Crippen molar-refractivity contribution in [3.8, 4) is 0 Å². The monoisotopic (exact) mass is 646 g/mol.